The van der Waals surface area contributed by atoms with Gasteiger partial charge >= 0.3 is 13.1 Å². The van der Waals surface area contributed by atoms with Gasteiger partial charge in [-0.3, -0.25) is 10.1 Å². The maximum absolute atomic E-state index is 10.8. The molecule has 0 saturated carbocycles. The number of aliphatic carboxylic acids is 1. The van der Waals surface area contributed by atoms with Crippen LogP contribution in [0.15, 0.2) is 0 Å². The first-order valence-corrected chi connectivity index (χ1v) is 5.10. The monoisotopic (exact) mass is 233 g/mol. The molecule has 1 heterocycles. The number of carbonyl (C=O) groups is 1. The summed E-state index contributed by atoms with van der Waals surface area (Å²) in [4.78, 5) is 10.8. The second kappa shape index (κ2) is 5.11. The molecule has 6 N–H and O–H groups in total. The Hall–Kier alpha value is -0.665. The largest absolute Gasteiger partial charge is 0.480 e. The third-order valence-corrected chi connectivity index (χ3v) is 2.88. The van der Waals surface area contributed by atoms with E-state index in [4.69, 9.17) is 15.2 Å². The Balaban J connectivity index is 2.60. The fourth-order valence-corrected chi connectivity index (χ4v) is 1.96. The summed E-state index contributed by atoms with van der Waals surface area (Å²) in [5.41, 5.74) is -1.75. The van der Waals surface area contributed by atoms with Gasteiger partial charge in [0.15, 0.2) is 0 Å². The van der Waals surface area contributed by atoms with Gasteiger partial charge in [0, 0.05) is 6.54 Å². The molecule has 3 unspecified atom stereocenters. The Morgan fingerprint density at radius 1 is 1.50 bits per heavy atom. The van der Waals surface area contributed by atoms with E-state index in [1.165, 1.54) is 0 Å². The van der Waals surface area contributed by atoms with Crippen LogP contribution in [0.1, 0.15) is 12.8 Å². The number of hydrogen-bond donors (Lipinski definition) is 6. The Morgan fingerprint density at radius 2 is 2.12 bits per heavy atom. The predicted octanol–water partition coefficient (Wildman–Crippen LogP) is -2.61. The third kappa shape index (κ3) is 2.72. The number of β-amino-alcohol motifs (C(OH)–C–C–N with tert-alkyl or cyclic N) is 1. The quantitative estimate of drug-likeness (QED) is 0.287. The summed E-state index contributed by atoms with van der Waals surface area (Å²) >= 11 is 0. The fraction of sp³-hybridized carbons (Fsp3) is 0.875. The van der Waals surface area contributed by atoms with Crippen LogP contribution in [0, 0.1) is 0 Å². The zero-order chi connectivity index (χ0) is 12.3. The zero-order valence-electron chi connectivity index (χ0n) is 8.70. The van der Waals surface area contributed by atoms with Gasteiger partial charge < -0.3 is 25.4 Å². The smallest absolute Gasteiger partial charge is 0.451 e. The first-order valence-electron chi connectivity index (χ1n) is 5.10. The maximum atomic E-state index is 10.8. The van der Waals surface area contributed by atoms with Crippen LogP contribution in [0.2, 0.25) is 6.32 Å². The molecule has 0 amide bonds. The van der Waals surface area contributed by atoms with E-state index in [2.05, 4.69) is 5.32 Å². The molecule has 0 aromatic heterocycles. The Labute approximate surface area is 92.9 Å². The van der Waals surface area contributed by atoms with E-state index in [1.807, 2.05) is 0 Å². The Bertz CT molecular complexity index is 263. The minimum absolute atomic E-state index is 0.00421. The molecule has 1 rings (SSSR count). The fourth-order valence-electron chi connectivity index (χ4n) is 1.96. The summed E-state index contributed by atoms with van der Waals surface area (Å²) in [5.74, 6) is -1.23. The number of nitrogens with one attached hydrogen (secondary N) is 1. The number of hydrogen-bond acceptors (Lipinski definition) is 6. The standard InChI is InChI=1S/C8H16BNO6/c11-5-4-10-6(7(12)13)8(5,14)2-1-3-9(15)16/h5-6,10-11,14-16H,1-4H2,(H,12,13). The van der Waals surface area contributed by atoms with Crippen molar-refractivity contribution in [2.24, 2.45) is 0 Å². The van der Waals surface area contributed by atoms with Gasteiger partial charge in [-0.15, -0.1) is 0 Å². The molecule has 0 aromatic carbocycles. The van der Waals surface area contributed by atoms with E-state index in [1.54, 1.807) is 0 Å². The molecular weight excluding hydrogens is 217 g/mol. The highest BCUT2D eigenvalue weighted by atomic mass is 16.4. The highest BCUT2D eigenvalue weighted by Gasteiger charge is 2.51. The molecule has 16 heavy (non-hydrogen) atoms. The van der Waals surface area contributed by atoms with Gasteiger partial charge in [-0.1, -0.05) is 6.42 Å². The molecule has 8 heteroatoms. The second-order valence-electron chi connectivity index (χ2n) is 4.06. The molecule has 1 fully saturated rings. The molecule has 0 aliphatic carbocycles. The molecule has 3 atom stereocenters. The van der Waals surface area contributed by atoms with Crippen molar-refractivity contribution in [3.05, 3.63) is 0 Å². The molecule has 1 aliphatic heterocycles. The highest BCUT2D eigenvalue weighted by Crippen LogP contribution is 2.28. The van der Waals surface area contributed by atoms with E-state index in [-0.39, 0.29) is 25.7 Å². The van der Waals surface area contributed by atoms with Gasteiger partial charge in [0.05, 0.1) is 6.10 Å². The van der Waals surface area contributed by atoms with Crippen LogP contribution < -0.4 is 5.32 Å². The second-order valence-corrected chi connectivity index (χ2v) is 4.06. The van der Waals surface area contributed by atoms with Gasteiger partial charge in [-0.2, -0.15) is 0 Å². The van der Waals surface area contributed by atoms with Gasteiger partial charge in [0.2, 0.25) is 0 Å². The van der Waals surface area contributed by atoms with Crippen LogP contribution in [0.4, 0.5) is 0 Å². The lowest BCUT2D eigenvalue weighted by Crippen LogP contribution is -2.52. The van der Waals surface area contributed by atoms with Crippen molar-refractivity contribution in [2.75, 3.05) is 6.54 Å². The van der Waals surface area contributed by atoms with Crippen LogP contribution in [0.25, 0.3) is 0 Å². The first-order chi connectivity index (χ1) is 7.38. The summed E-state index contributed by atoms with van der Waals surface area (Å²) in [7, 11) is -1.49. The van der Waals surface area contributed by atoms with Crippen LogP contribution in [0.3, 0.4) is 0 Å². The molecule has 0 radical (unpaired) electrons. The first kappa shape index (κ1) is 13.4. The van der Waals surface area contributed by atoms with E-state index in [0.29, 0.717) is 0 Å². The van der Waals surface area contributed by atoms with Crippen LogP contribution in [-0.2, 0) is 4.79 Å². The van der Waals surface area contributed by atoms with E-state index in [9.17, 15) is 15.0 Å². The summed E-state index contributed by atoms with van der Waals surface area (Å²) in [6, 6.07) is -1.22. The minimum Gasteiger partial charge on any atom is -0.480 e. The molecule has 7 nitrogen and oxygen atoms in total. The van der Waals surface area contributed by atoms with Crippen LogP contribution >= 0.6 is 0 Å². The molecule has 0 spiro atoms. The summed E-state index contributed by atoms with van der Waals surface area (Å²) < 4.78 is 0. The summed E-state index contributed by atoms with van der Waals surface area (Å²) in [6.45, 7) is 0.00907. The van der Waals surface area contributed by atoms with Crippen molar-refractivity contribution in [3.63, 3.8) is 0 Å². The third-order valence-electron chi connectivity index (χ3n) is 2.88. The van der Waals surface area contributed by atoms with Gasteiger partial charge in [-0.25, -0.2) is 0 Å². The number of carboxylic acids is 1. The van der Waals surface area contributed by atoms with Gasteiger partial charge in [0.25, 0.3) is 0 Å². The summed E-state index contributed by atoms with van der Waals surface area (Å²) in [6.07, 6.45) is -0.919. The van der Waals surface area contributed by atoms with Crippen molar-refractivity contribution in [1.29, 1.82) is 0 Å². The highest BCUT2D eigenvalue weighted by molar-refractivity contribution is 6.40. The van der Waals surface area contributed by atoms with Gasteiger partial charge in [0.1, 0.15) is 11.6 Å². The van der Waals surface area contributed by atoms with E-state index >= 15 is 0 Å². The van der Waals surface area contributed by atoms with Gasteiger partial charge in [-0.05, 0) is 12.7 Å². The molecule has 0 aromatic rings. The number of aliphatic hydroxyl groups is 2. The minimum atomic E-state index is -1.75. The van der Waals surface area contributed by atoms with Crippen molar-refractivity contribution >= 4 is 13.1 Å². The van der Waals surface area contributed by atoms with E-state index in [0.717, 1.165) is 0 Å². The topological polar surface area (TPSA) is 130 Å². The molecule has 0 bridgehead atoms. The Kier molecular flexibility index (Phi) is 4.28. The number of rotatable bonds is 5. The molecular formula is C8H16BNO6. The molecule has 1 aliphatic rings. The van der Waals surface area contributed by atoms with Crippen molar-refractivity contribution < 1.29 is 30.2 Å². The van der Waals surface area contributed by atoms with E-state index < -0.39 is 30.8 Å². The average molecular weight is 233 g/mol. The number of carboxylic acid groups (broad SMARTS) is 1. The van der Waals surface area contributed by atoms with Crippen molar-refractivity contribution in [2.45, 2.75) is 36.9 Å². The zero-order valence-corrected chi connectivity index (χ0v) is 8.70. The summed E-state index contributed by atoms with van der Waals surface area (Å²) in [5, 5.41) is 48.2. The maximum Gasteiger partial charge on any atom is 0.451 e. The normalized spacial score (nSPS) is 34.0. The molecule has 1 saturated heterocycles. The SMILES string of the molecule is O=C(O)C1NCC(O)C1(O)CCCB(O)O. The lowest BCUT2D eigenvalue weighted by molar-refractivity contribution is -0.149. The average Bonchev–Trinajstić information content (AvgIpc) is 2.43. The lowest BCUT2D eigenvalue weighted by Gasteiger charge is -2.29. The Morgan fingerprint density at radius 3 is 2.62 bits per heavy atom. The van der Waals surface area contributed by atoms with Crippen molar-refractivity contribution in [3.8, 4) is 0 Å². The van der Waals surface area contributed by atoms with Crippen LogP contribution in [0.5, 0.6) is 0 Å². The van der Waals surface area contributed by atoms with Crippen molar-refractivity contribution in [1.82, 2.24) is 5.32 Å². The number of aliphatic hydroxyl groups excluding tert-OH is 1. The lowest BCUT2D eigenvalue weighted by atomic mass is 9.79. The predicted molar refractivity (Wildman–Crippen MR) is 54.6 cm³/mol. The van der Waals surface area contributed by atoms with Crippen LogP contribution in [-0.4, -0.2) is 62.7 Å². The molecule has 92 valence electrons.